The summed E-state index contributed by atoms with van der Waals surface area (Å²) in [6, 6.07) is 0. The van der Waals surface area contributed by atoms with Crippen LogP contribution >= 0.6 is 11.8 Å². The van der Waals surface area contributed by atoms with Crippen molar-refractivity contribution >= 4 is 17.7 Å². The predicted molar refractivity (Wildman–Crippen MR) is 87.4 cm³/mol. The Morgan fingerprint density at radius 2 is 2.35 bits per heavy atom. The molecule has 20 heavy (non-hydrogen) atoms. The molecule has 1 heterocycles. The standard InChI is InChI=1S/C15H27N3OS/c1-16-14(18-11-15(19)8-10-20-12-15)17-9-7-13-5-3-2-4-6-13/h5,19H,2-4,6-12H2,1H3,(H2,16,17,18). The van der Waals surface area contributed by atoms with E-state index in [1.54, 1.807) is 12.6 Å². The third kappa shape index (κ3) is 5.02. The van der Waals surface area contributed by atoms with Gasteiger partial charge >= 0.3 is 0 Å². The molecule has 5 heteroatoms. The molecular formula is C15H27N3OS. The monoisotopic (exact) mass is 297 g/mol. The van der Waals surface area contributed by atoms with Gasteiger partial charge in [-0.05, 0) is 44.3 Å². The summed E-state index contributed by atoms with van der Waals surface area (Å²) in [6.07, 6.45) is 9.53. The number of aliphatic hydroxyl groups is 1. The lowest BCUT2D eigenvalue weighted by Gasteiger charge is -2.23. The number of nitrogens with one attached hydrogen (secondary N) is 2. The molecule has 0 radical (unpaired) electrons. The van der Waals surface area contributed by atoms with Crippen LogP contribution in [0.3, 0.4) is 0 Å². The topological polar surface area (TPSA) is 56.7 Å². The summed E-state index contributed by atoms with van der Waals surface area (Å²) in [6.45, 7) is 1.50. The summed E-state index contributed by atoms with van der Waals surface area (Å²) in [7, 11) is 1.78. The van der Waals surface area contributed by atoms with Crippen LogP contribution in [0, 0.1) is 0 Å². The van der Waals surface area contributed by atoms with Crippen LogP contribution in [0.15, 0.2) is 16.6 Å². The predicted octanol–water partition coefficient (Wildman–Crippen LogP) is 1.91. The van der Waals surface area contributed by atoms with Crippen LogP contribution in [-0.4, -0.2) is 48.3 Å². The third-order valence-electron chi connectivity index (χ3n) is 4.01. The fraction of sp³-hybridized carbons (Fsp3) is 0.800. The Hall–Kier alpha value is -0.680. The van der Waals surface area contributed by atoms with Gasteiger partial charge < -0.3 is 15.7 Å². The molecule has 1 saturated heterocycles. The van der Waals surface area contributed by atoms with Crippen LogP contribution in [0.25, 0.3) is 0 Å². The Bertz CT molecular complexity index is 362. The quantitative estimate of drug-likeness (QED) is 0.412. The molecular weight excluding hydrogens is 270 g/mol. The Kier molecular flexibility index (Phi) is 6.23. The zero-order valence-corrected chi connectivity index (χ0v) is 13.3. The first-order chi connectivity index (χ1) is 9.72. The number of hydrogen-bond acceptors (Lipinski definition) is 3. The van der Waals surface area contributed by atoms with E-state index in [0.717, 1.165) is 36.9 Å². The van der Waals surface area contributed by atoms with E-state index < -0.39 is 5.60 Å². The first kappa shape index (κ1) is 15.7. The van der Waals surface area contributed by atoms with Crippen molar-refractivity contribution in [3.05, 3.63) is 11.6 Å². The minimum absolute atomic E-state index is 0.561. The fourth-order valence-corrected chi connectivity index (χ4v) is 3.97. The lowest BCUT2D eigenvalue weighted by atomic mass is 9.97. The average molecular weight is 297 g/mol. The maximum Gasteiger partial charge on any atom is 0.191 e. The van der Waals surface area contributed by atoms with Crippen molar-refractivity contribution in [1.82, 2.24) is 10.6 Å². The summed E-state index contributed by atoms with van der Waals surface area (Å²) in [4.78, 5) is 4.22. The van der Waals surface area contributed by atoms with Gasteiger partial charge in [-0.15, -0.1) is 0 Å². The second-order valence-corrected chi connectivity index (χ2v) is 6.84. The van der Waals surface area contributed by atoms with Gasteiger partial charge in [0.2, 0.25) is 0 Å². The van der Waals surface area contributed by atoms with Crippen molar-refractivity contribution in [1.29, 1.82) is 0 Å². The largest absolute Gasteiger partial charge is 0.387 e. The number of hydrogen-bond donors (Lipinski definition) is 3. The van der Waals surface area contributed by atoms with Crippen LogP contribution in [-0.2, 0) is 0 Å². The highest BCUT2D eigenvalue weighted by Crippen LogP contribution is 2.26. The van der Waals surface area contributed by atoms with E-state index in [0.29, 0.717) is 6.54 Å². The SMILES string of the molecule is CN=C(NCCC1=CCCCC1)NCC1(O)CCSC1. The van der Waals surface area contributed by atoms with Crippen LogP contribution in [0.4, 0.5) is 0 Å². The molecule has 0 bridgehead atoms. The van der Waals surface area contributed by atoms with Gasteiger partial charge in [-0.3, -0.25) is 4.99 Å². The number of guanidine groups is 1. The maximum atomic E-state index is 10.3. The molecule has 0 aromatic carbocycles. The van der Waals surface area contributed by atoms with Gasteiger partial charge in [0, 0.05) is 25.9 Å². The van der Waals surface area contributed by atoms with Crippen LogP contribution < -0.4 is 10.6 Å². The maximum absolute atomic E-state index is 10.3. The van der Waals surface area contributed by atoms with Crippen molar-refractivity contribution < 1.29 is 5.11 Å². The summed E-state index contributed by atoms with van der Waals surface area (Å²) >= 11 is 1.82. The molecule has 2 aliphatic rings. The first-order valence-electron chi connectivity index (χ1n) is 7.64. The molecule has 0 amide bonds. The molecule has 0 spiro atoms. The zero-order valence-electron chi connectivity index (χ0n) is 12.5. The van der Waals surface area contributed by atoms with E-state index in [1.807, 2.05) is 11.8 Å². The first-order valence-corrected chi connectivity index (χ1v) is 8.80. The van der Waals surface area contributed by atoms with Crippen molar-refractivity contribution in [3.8, 4) is 0 Å². The van der Waals surface area contributed by atoms with Crippen LogP contribution in [0.1, 0.15) is 38.5 Å². The highest BCUT2D eigenvalue weighted by Gasteiger charge is 2.31. The molecule has 1 atom stereocenters. The van der Waals surface area contributed by atoms with E-state index in [1.165, 1.54) is 25.7 Å². The number of rotatable bonds is 5. The number of allylic oxidation sites excluding steroid dienone is 1. The Labute approximate surface area is 126 Å². The zero-order chi connectivity index (χ0) is 14.3. The van der Waals surface area contributed by atoms with E-state index in [2.05, 4.69) is 21.7 Å². The highest BCUT2D eigenvalue weighted by atomic mass is 32.2. The Morgan fingerprint density at radius 3 is 3.00 bits per heavy atom. The summed E-state index contributed by atoms with van der Waals surface area (Å²) in [5.41, 5.74) is 1.01. The van der Waals surface area contributed by atoms with E-state index in [-0.39, 0.29) is 0 Å². The molecule has 3 N–H and O–H groups in total. The lowest BCUT2D eigenvalue weighted by molar-refractivity contribution is 0.0724. The Balaban J connectivity index is 1.66. The van der Waals surface area contributed by atoms with E-state index in [9.17, 15) is 5.11 Å². The molecule has 1 aliphatic heterocycles. The van der Waals surface area contributed by atoms with Gasteiger partial charge in [0.05, 0.1) is 5.60 Å². The molecule has 4 nitrogen and oxygen atoms in total. The number of nitrogens with zero attached hydrogens (tertiary/aromatic N) is 1. The second-order valence-electron chi connectivity index (χ2n) is 5.74. The fourth-order valence-electron chi connectivity index (χ4n) is 2.68. The average Bonchev–Trinajstić information content (AvgIpc) is 2.91. The van der Waals surface area contributed by atoms with Crippen molar-refractivity contribution in [2.45, 2.75) is 44.1 Å². The van der Waals surface area contributed by atoms with Crippen molar-refractivity contribution in [2.24, 2.45) is 4.99 Å². The smallest absolute Gasteiger partial charge is 0.191 e. The molecule has 1 unspecified atom stereocenters. The van der Waals surface area contributed by atoms with Crippen LogP contribution in [0.5, 0.6) is 0 Å². The van der Waals surface area contributed by atoms with E-state index >= 15 is 0 Å². The normalized spacial score (nSPS) is 27.3. The van der Waals surface area contributed by atoms with Gasteiger partial charge in [-0.1, -0.05) is 11.6 Å². The van der Waals surface area contributed by atoms with Gasteiger partial charge in [0.15, 0.2) is 5.96 Å². The van der Waals surface area contributed by atoms with Crippen LogP contribution in [0.2, 0.25) is 0 Å². The van der Waals surface area contributed by atoms with Gasteiger partial charge in [0.1, 0.15) is 0 Å². The summed E-state index contributed by atoms with van der Waals surface area (Å²) in [5, 5.41) is 16.9. The summed E-state index contributed by atoms with van der Waals surface area (Å²) < 4.78 is 0. The van der Waals surface area contributed by atoms with Gasteiger partial charge in [0.25, 0.3) is 0 Å². The van der Waals surface area contributed by atoms with Crippen molar-refractivity contribution in [3.63, 3.8) is 0 Å². The second kappa shape index (κ2) is 7.93. The van der Waals surface area contributed by atoms with E-state index in [4.69, 9.17) is 0 Å². The van der Waals surface area contributed by atoms with Crippen molar-refractivity contribution in [2.75, 3.05) is 31.6 Å². The van der Waals surface area contributed by atoms with Gasteiger partial charge in [-0.2, -0.15) is 11.8 Å². The minimum Gasteiger partial charge on any atom is -0.387 e. The molecule has 0 aromatic rings. The minimum atomic E-state index is -0.561. The Morgan fingerprint density at radius 1 is 1.45 bits per heavy atom. The molecule has 2 rings (SSSR count). The van der Waals surface area contributed by atoms with Gasteiger partial charge in [-0.25, -0.2) is 0 Å². The summed E-state index contributed by atoms with van der Waals surface area (Å²) in [5.74, 6) is 2.68. The number of aliphatic imine (C=N–C) groups is 1. The highest BCUT2D eigenvalue weighted by molar-refractivity contribution is 7.99. The molecule has 0 saturated carbocycles. The molecule has 1 aliphatic carbocycles. The molecule has 0 aromatic heterocycles. The molecule has 1 fully saturated rings. The lowest BCUT2D eigenvalue weighted by Crippen LogP contribution is -2.47. The third-order valence-corrected chi connectivity index (χ3v) is 5.25. The number of thioether (sulfide) groups is 1. The molecule has 114 valence electrons.